The quantitative estimate of drug-likeness (QED) is 0.0169. The molecule has 0 aromatic carbocycles. The van der Waals surface area contributed by atoms with E-state index in [1.165, 1.54) is 19.3 Å². The molecule has 0 rings (SSSR count). The molecular weight excluding hydrogens is 1310 g/mol. The lowest BCUT2D eigenvalue weighted by molar-refractivity contribution is -0.161. The van der Waals surface area contributed by atoms with Crippen molar-refractivity contribution < 1.29 is 80.2 Å². The summed E-state index contributed by atoms with van der Waals surface area (Å²) in [6.45, 7) is 4.39. The molecule has 0 aromatic rings. The Balaban J connectivity index is 5.39. The number of ether oxygens (including phenoxy) is 4. The number of aliphatic hydroxyl groups is 1. The van der Waals surface area contributed by atoms with Crippen molar-refractivity contribution in [1.82, 2.24) is 0 Å². The molecule has 0 heterocycles. The molecule has 100 heavy (non-hydrogen) atoms. The van der Waals surface area contributed by atoms with Crippen LogP contribution < -0.4 is 0 Å². The lowest BCUT2D eigenvalue weighted by Gasteiger charge is -2.21. The first-order valence-corrected chi connectivity index (χ1v) is 40.7. The number of esters is 4. The zero-order chi connectivity index (χ0) is 73.2. The van der Waals surface area contributed by atoms with Crippen molar-refractivity contribution in [2.45, 2.75) is 290 Å². The molecule has 0 radical (unpaired) electrons. The molecule has 0 saturated carbocycles. The van der Waals surface area contributed by atoms with Gasteiger partial charge in [0.05, 0.1) is 26.4 Å². The van der Waals surface area contributed by atoms with Gasteiger partial charge in [-0.2, -0.15) is 0 Å². The van der Waals surface area contributed by atoms with Gasteiger partial charge >= 0.3 is 39.5 Å². The first kappa shape index (κ1) is 94.7. The molecule has 0 saturated heterocycles. The van der Waals surface area contributed by atoms with E-state index >= 15 is 0 Å². The number of allylic oxidation sites excluding steroid dienone is 26. The number of carbonyl (C=O) groups excluding carboxylic acids is 4. The van der Waals surface area contributed by atoms with E-state index in [1.807, 2.05) is 18.2 Å². The molecule has 0 aliphatic heterocycles. The van der Waals surface area contributed by atoms with Gasteiger partial charge < -0.3 is 33.8 Å². The maximum absolute atomic E-state index is 13.1. The van der Waals surface area contributed by atoms with Crippen molar-refractivity contribution in [1.29, 1.82) is 0 Å². The molecule has 17 nitrogen and oxygen atoms in total. The summed E-state index contributed by atoms with van der Waals surface area (Å²) in [6.07, 6.45) is 82.7. The third-order valence-corrected chi connectivity index (χ3v) is 16.9. The number of aliphatic hydroxyl groups excluding tert-OH is 1. The third-order valence-electron chi connectivity index (χ3n) is 15.0. The lowest BCUT2D eigenvalue weighted by atomic mass is 10.1. The molecule has 19 heteroatoms. The van der Waals surface area contributed by atoms with Crippen LogP contribution in [0, 0.1) is 0 Å². The van der Waals surface area contributed by atoms with Crippen molar-refractivity contribution >= 4 is 39.5 Å². The van der Waals surface area contributed by atoms with Gasteiger partial charge in [-0.05, 0) is 148 Å². The van der Waals surface area contributed by atoms with Crippen molar-refractivity contribution in [3.05, 3.63) is 158 Å². The fourth-order valence-corrected chi connectivity index (χ4v) is 10.8. The summed E-state index contributed by atoms with van der Waals surface area (Å²) in [5.74, 6) is -2.34. The van der Waals surface area contributed by atoms with E-state index in [0.717, 1.165) is 167 Å². The van der Waals surface area contributed by atoms with Crippen molar-refractivity contribution in [2.75, 3.05) is 39.6 Å². The molecule has 0 aromatic heterocycles. The van der Waals surface area contributed by atoms with Gasteiger partial charge in [-0.1, -0.05) is 256 Å². The summed E-state index contributed by atoms with van der Waals surface area (Å²) in [4.78, 5) is 72.7. The van der Waals surface area contributed by atoms with Crippen LogP contribution in [0.5, 0.6) is 0 Å². The maximum Gasteiger partial charge on any atom is 0.472 e. The first-order valence-electron chi connectivity index (χ1n) is 37.7. The Morgan fingerprint density at radius 1 is 0.290 bits per heavy atom. The Bertz CT molecular complexity index is 2520. The van der Waals surface area contributed by atoms with Crippen molar-refractivity contribution in [3.63, 3.8) is 0 Å². The number of hydrogen-bond acceptors (Lipinski definition) is 15. The molecule has 3 N–H and O–H groups in total. The van der Waals surface area contributed by atoms with Gasteiger partial charge in [0.1, 0.15) is 19.3 Å². The van der Waals surface area contributed by atoms with Crippen LogP contribution in [0.1, 0.15) is 272 Å². The van der Waals surface area contributed by atoms with Crippen LogP contribution in [-0.4, -0.2) is 96.7 Å². The Morgan fingerprint density at radius 3 is 0.880 bits per heavy atom. The molecule has 568 valence electrons. The van der Waals surface area contributed by atoms with Crippen molar-refractivity contribution in [3.8, 4) is 0 Å². The normalized spacial score (nSPS) is 14.8. The summed E-state index contributed by atoms with van der Waals surface area (Å²) >= 11 is 0. The van der Waals surface area contributed by atoms with Gasteiger partial charge in [0.2, 0.25) is 0 Å². The van der Waals surface area contributed by atoms with E-state index in [0.29, 0.717) is 32.1 Å². The summed E-state index contributed by atoms with van der Waals surface area (Å²) in [6, 6.07) is 0. The second kappa shape index (κ2) is 72.0. The molecule has 0 aliphatic rings. The van der Waals surface area contributed by atoms with E-state index in [9.17, 15) is 43.2 Å². The predicted molar refractivity (Wildman–Crippen MR) is 408 cm³/mol. The number of unbranched alkanes of at least 4 members (excludes halogenated alkanes) is 17. The third kappa shape index (κ3) is 71.1. The Labute approximate surface area is 604 Å². The Morgan fingerprint density at radius 2 is 0.540 bits per heavy atom. The van der Waals surface area contributed by atoms with E-state index in [4.69, 9.17) is 37.0 Å². The molecule has 0 amide bonds. The number of phosphoric acid groups is 2. The number of phosphoric ester groups is 2. The summed E-state index contributed by atoms with van der Waals surface area (Å²) in [5.41, 5.74) is 0. The monoisotopic (exact) mass is 1440 g/mol. The lowest BCUT2D eigenvalue weighted by Crippen LogP contribution is -2.30. The standard InChI is InChI=1S/C81H132O17P2/c1-5-9-13-17-21-25-29-31-33-35-37-39-41-43-47-49-53-57-61-65-78(83)91-71-76(97-80(85)67-63-59-55-51-45-27-23-19-15-11-7-3)73-95-99(87,88)93-69-75(82)70-94-100(89,90)96-74-77(98-81(86)68-64-60-56-52-46-28-24-20-16-12-8-4)72-92-79(84)66-62-58-54-50-48-44-42-40-38-36-34-32-30-26-22-18-14-10-6-2/h9-10,13-14,19-26,31-34,37-40,43-44,47-48,53,57,75-77,82H,5-8,11-12,15-18,27-30,35-36,41-42,45-46,49-52,54-56,58-74H2,1-4H3,(H,87,88)(H,89,90)/b13-9-,14-10-,23-19-,24-20-,25-21-,26-22-,33-31-,34-32-,39-37-,40-38-,47-43-,48-44-,57-53-. The molecule has 5 unspecified atom stereocenters. The highest BCUT2D eigenvalue weighted by molar-refractivity contribution is 7.47. The average molecular weight is 1440 g/mol. The van der Waals surface area contributed by atoms with Gasteiger partial charge in [0.15, 0.2) is 12.2 Å². The van der Waals surface area contributed by atoms with E-state index < -0.39 is 97.5 Å². The predicted octanol–water partition coefficient (Wildman–Crippen LogP) is 21.7. The smallest absolute Gasteiger partial charge is 0.462 e. The average Bonchev–Trinajstić information content (AvgIpc) is 0.953. The molecule has 0 aliphatic carbocycles. The number of rotatable bonds is 69. The van der Waals surface area contributed by atoms with Crippen LogP contribution in [0.4, 0.5) is 0 Å². The molecule has 0 spiro atoms. The number of hydrogen-bond donors (Lipinski definition) is 3. The van der Waals surface area contributed by atoms with E-state index in [1.54, 1.807) is 0 Å². The van der Waals surface area contributed by atoms with Gasteiger partial charge in [0, 0.05) is 25.7 Å². The van der Waals surface area contributed by atoms with Gasteiger partial charge in [-0.25, -0.2) is 9.13 Å². The minimum absolute atomic E-state index is 0.0297. The molecule has 0 fully saturated rings. The molecular formula is C81H132O17P2. The fourth-order valence-electron chi connectivity index (χ4n) is 9.23. The Kier molecular flexibility index (Phi) is 68.2. The first-order chi connectivity index (χ1) is 48.7. The second-order valence-corrected chi connectivity index (χ2v) is 27.4. The Hall–Kier alpha value is -5.32. The molecule has 0 bridgehead atoms. The fraction of sp³-hybridized carbons (Fsp3) is 0.630. The van der Waals surface area contributed by atoms with Crippen LogP contribution in [0.25, 0.3) is 0 Å². The zero-order valence-corrected chi connectivity index (χ0v) is 63.6. The van der Waals surface area contributed by atoms with Crippen LogP contribution in [0.2, 0.25) is 0 Å². The van der Waals surface area contributed by atoms with Crippen LogP contribution in [0.3, 0.4) is 0 Å². The zero-order valence-electron chi connectivity index (χ0n) is 61.8. The SMILES string of the molecule is CC/C=C\C/C=C\C/C=C\C/C=C\C/C=C\C/C=C\CCC(=O)OCC(COP(=O)(O)OCC(O)COP(=O)(O)OCC(COC(=O)CCCCC/C=C\C/C=C\C/C=C\C/C=C\C/C=C\CC)OC(=O)CCCCCCC/C=C\CCCC)OC(=O)CCCCCCC/C=C\CCCC. The summed E-state index contributed by atoms with van der Waals surface area (Å²) in [5, 5.41) is 10.6. The van der Waals surface area contributed by atoms with Crippen LogP contribution >= 0.6 is 15.6 Å². The topological polar surface area (TPSA) is 237 Å². The van der Waals surface area contributed by atoms with Crippen LogP contribution in [0.15, 0.2) is 158 Å². The van der Waals surface area contributed by atoms with Crippen LogP contribution in [-0.2, 0) is 65.4 Å². The minimum Gasteiger partial charge on any atom is -0.462 e. The number of carbonyl (C=O) groups is 4. The molecule has 5 atom stereocenters. The minimum atomic E-state index is -5.00. The summed E-state index contributed by atoms with van der Waals surface area (Å²) < 4.78 is 68.2. The van der Waals surface area contributed by atoms with Crippen molar-refractivity contribution in [2.24, 2.45) is 0 Å². The second-order valence-electron chi connectivity index (χ2n) is 24.5. The summed E-state index contributed by atoms with van der Waals surface area (Å²) in [7, 11) is -9.99. The highest BCUT2D eigenvalue weighted by Crippen LogP contribution is 2.45. The van der Waals surface area contributed by atoms with Gasteiger partial charge in [-0.15, -0.1) is 0 Å². The maximum atomic E-state index is 13.1. The largest absolute Gasteiger partial charge is 0.472 e. The highest BCUT2D eigenvalue weighted by atomic mass is 31.2. The highest BCUT2D eigenvalue weighted by Gasteiger charge is 2.30. The van der Waals surface area contributed by atoms with Gasteiger partial charge in [0.25, 0.3) is 0 Å². The van der Waals surface area contributed by atoms with E-state index in [-0.39, 0.29) is 25.7 Å². The van der Waals surface area contributed by atoms with E-state index in [2.05, 4.69) is 167 Å². The van der Waals surface area contributed by atoms with Gasteiger partial charge in [-0.3, -0.25) is 37.3 Å².